The summed E-state index contributed by atoms with van der Waals surface area (Å²) in [5.74, 6) is 0.520. The first kappa shape index (κ1) is 19.7. The molecule has 1 fully saturated rings. The summed E-state index contributed by atoms with van der Waals surface area (Å²) in [6, 6.07) is 4.93. The van der Waals surface area contributed by atoms with E-state index in [1.165, 1.54) is 13.2 Å². The van der Waals surface area contributed by atoms with Crippen molar-refractivity contribution in [1.29, 1.82) is 0 Å². The van der Waals surface area contributed by atoms with Crippen molar-refractivity contribution in [2.24, 2.45) is 12.0 Å². The number of hydrogen-bond donors (Lipinski definition) is 1. The maximum atomic E-state index is 13.8. The van der Waals surface area contributed by atoms with Gasteiger partial charge >= 0.3 is 0 Å². The van der Waals surface area contributed by atoms with Crippen molar-refractivity contribution in [2.75, 3.05) is 45.2 Å². The molecule has 2 aromatic rings. The Morgan fingerprint density at radius 1 is 1.39 bits per heavy atom. The molecule has 0 saturated carbocycles. The van der Waals surface area contributed by atoms with Gasteiger partial charge in [0.25, 0.3) is 0 Å². The summed E-state index contributed by atoms with van der Waals surface area (Å²) in [6.45, 7) is 2.05. The van der Waals surface area contributed by atoms with Crippen molar-refractivity contribution in [3.8, 4) is 5.75 Å². The summed E-state index contributed by atoms with van der Waals surface area (Å²) in [4.78, 5) is 20.5. The Morgan fingerprint density at radius 2 is 2.21 bits per heavy atom. The highest BCUT2D eigenvalue weighted by Crippen LogP contribution is 2.18. The zero-order chi connectivity index (χ0) is 20.1. The van der Waals surface area contributed by atoms with Crippen molar-refractivity contribution in [3.05, 3.63) is 42.0 Å². The predicted molar refractivity (Wildman–Crippen MR) is 105 cm³/mol. The second kappa shape index (κ2) is 8.73. The van der Waals surface area contributed by atoms with E-state index >= 15 is 0 Å². The number of amides is 1. The fourth-order valence-corrected chi connectivity index (χ4v) is 3.19. The Morgan fingerprint density at radius 3 is 2.82 bits per heavy atom. The molecule has 1 aliphatic heterocycles. The number of guanidine groups is 1. The monoisotopic (exact) mass is 388 g/mol. The summed E-state index contributed by atoms with van der Waals surface area (Å²) in [5, 5.41) is 7.37. The minimum absolute atomic E-state index is 0.000532. The van der Waals surface area contributed by atoms with Crippen LogP contribution >= 0.6 is 0 Å². The number of rotatable bonds is 5. The molecule has 1 saturated heterocycles. The van der Waals surface area contributed by atoms with Gasteiger partial charge in [0.05, 0.1) is 19.0 Å². The molecular weight excluding hydrogens is 363 g/mol. The average Bonchev–Trinajstić information content (AvgIpc) is 3.11. The number of aromatic nitrogens is 2. The summed E-state index contributed by atoms with van der Waals surface area (Å²) in [6.07, 6.45) is 4.15. The summed E-state index contributed by atoms with van der Waals surface area (Å²) in [5.41, 5.74) is 1.66. The highest BCUT2D eigenvalue weighted by atomic mass is 19.1. The number of aliphatic imine (C=N–C) groups is 1. The van der Waals surface area contributed by atoms with E-state index < -0.39 is 0 Å². The van der Waals surface area contributed by atoms with Crippen molar-refractivity contribution < 1.29 is 13.9 Å². The smallest absolute Gasteiger partial charge is 0.246 e. The van der Waals surface area contributed by atoms with Crippen LogP contribution in [0.15, 0.2) is 35.6 Å². The molecule has 150 valence electrons. The molecule has 1 aromatic heterocycles. The van der Waals surface area contributed by atoms with Gasteiger partial charge in [-0.2, -0.15) is 5.10 Å². The van der Waals surface area contributed by atoms with Crippen LogP contribution in [0.2, 0.25) is 0 Å². The fraction of sp³-hybridized carbons (Fsp3) is 0.421. The molecule has 0 aliphatic carbocycles. The second-order valence-electron chi connectivity index (χ2n) is 6.53. The molecule has 9 heteroatoms. The van der Waals surface area contributed by atoms with Crippen LogP contribution in [0.5, 0.6) is 5.75 Å². The Bertz CT molecular complexity index is 866. The van der Waals surface area contributed by atoms with Crippen LogP contribution in [0.25, 0.3) is 0 Å². The first-order chi connectivity index (χ1) is 13.5. The summed E-state index contributed by atoms with van der Waals surface area (Å²) >= 11 is 0. The van der Waals surface area contributed by atoms with E-state index in [9.17, 15) is 9.18 Å². The maximum Gasteiger partial charge on any atom is 0.246 e. The number of hydrogen-bond acceptors (Lipinski definition) is 4. The molecule has 1 amide bonds. The molecule has 2 heterocycles. The molecule has 0 spiro atoms. The molecule has 0 bridgehead atoms. The molecule has 1 N–H and O–H groups in total. The normalized spacial score (nSPS) is 15.1. The Hall–Kier alpha value is -3.10. The first-order valence-electron chi connectivity index (χ1n) is 9.09. The number of methoxy groups -OCH3 is 1. The zero-order valence-corrected chi connectivity index (χ0v) is 16.4. The molecular formula is C19H25FN6O2. The van der Waals surface area contributed by atoms with E-state index in [-0.39, 0.29) is 24.0 Å². The number of halogens is 1. The van der Waals surface area contributed by atoms with Crippen molar-refractivity contribution in [3.63, 3.8) is 0 Å². The lowest BCUT2D eigenvalue weighted by molar-refractivity contribution is -0.120. The number of piperazine rings is 1. The van der Waals surface area contributed by atoms with E-state index in [0.29, 0.717) is 32.0 Å². The van der Waals surface area contributed by atoms with E-state index in [2.05, 4.69) is 15.4 Å². The second-order valence-corrected chi connectivity index (χ2v) is 6.53. The number of nitrogens with one attached hydrogen (secondary N) is 1. The molecule has 1 aromatic carbocycles. The van der Waals surface area contributed by atoms with Gasteiger partial charge in [-0.25, -0.2) is 4.39 Å². The first-order valence-corrected chi connectivity index (χ1v) is 9.09. The summed E-state index contributed by atoms with van der Waals surface area (Å²) < 4.78 is 20.4. The summed E-state index contributed by atoms with van der Waals surface area (Å²) in [7, 11) is 4.96. The van der Waals surface area contributed by atoms with Gasteiger partial charge in [-0.1, -0.05) is 6.07 Å². The quantitative estimate of drug-likeness (QED) is 0.612. The van der Waals surface area contributed by atoms with E-state index in [0.717, 1.165) is 11.3 Å². The standard InChI is InChI=1S/C19H25FN6O2/c1-21-19(22-7-6-14-4-5-17(28-3)16(20)10-14)25-8-9-26(18(27)13-25)15-11-23-24(2)12-15/h4-5,10-12H,6-9,13H2,1-3H3,(H,21,22). The molecule has 0 radical (unpaired) electrons. The number of nitrogens with zero attached hydrogens (tertiary/aromatic N) is 5. The van der Waals surface area contributed by atoms with Crippen LogP contribution in [0, 0.1) is 5.82 Å². The van der Waals surface area contributed by atoms with Crippen LogP contribution in [-0.4, -0.2) is 66.9 Å². The Labute approximate surface area is 163 Å². The molecule has 0 atom stereocenters. The number of ether oxygens (including phenoxy) is 1. The largest absolute Gasteiger partial charge is 0.494 e. The van der Waals surface area contributed by atoms with Crippen molar-refractivity contribution >= 4 is 17.6 Å². The topological polar surface area (TPSA) is 75.0 Å². The van der Waals surface area contributed by atoms with Crippen LogP contribution in [0.3, 0.4) is 0 Å². The van der Waals surface area contributed by atoms with Gasteiger partial charge in [-0.15, -0.1) is 0 Å². The zero-order valence-electron chi connectivity index (χ0n) is 16.4. The third-order valence-corrected chi connectivity index (χ3v) is 4.65. The molecule has 1 aliphatic rings. The number of carbonyl (C=O) groups is 1. The molecule has 28 heavy (non-hydrogen) atoms. The highest BCUT2D eigenvalue weighted by molar-refractivity contribution is 5.98. The minimum Gasteiger partial charge on any atom is -0.494 e. The van der Waals surface area contributed by atoms with Crippen LogP contribution in [0.1, 0.15) is 5.56 Å². The van der Waals surface area contributed by atoms with Crippen molar-refractivity contribution in [2.45, 2.75) is 6.42 Å². The van der Waals surface area contributed by atoms with Crippen LogP contribution in [-0.2, 0) is 18.3 Å². The van der Waals surface area contributed by atoms with E-state index in [1.54, 1.807) is 28.9 Å². The van der Waals surface area contributed by atoms with Crippen molar-refractivity contribution in [1.82, 2.24) is 20.0 Å². The lowest BCUT2D eigenvalue weighted by Gasteiger charge is -2.35. The number of aryl methyl sites for hydroxylation is 1. The van der Waals surface area contributed by atoms with Gasteiger partial charge in [0.2, 0.25) is 5.91 Å². The van der Waals surface area contributed by atoms with Gasteiger partial charge in [0.15, 0.2) is 17.5 Å². The Balaban J connectivity index is 1.53. The number of benzene rings is 1. The fourth-order valence-electron chi connectivity index (χ4n) is 3.19. The van der Waals surface area contributed by atoms with Gasteiger partial charge < -0.3 is 19.9 Å². The third-order valence-electron chi connectivity index (χ3n) is 4.65. The number of carbonyl (C=O) groups excluding carboxylic acids is 1. The lowest BCUT2D eigenvalue weighted by atomic mass is 10.1. The number of anilines is 1. The minimum atomic E-state index is -0.374. The van der Waals surface area contributed by atoms with Gasteiger partial charge in [-0.05, 0) is 24.1 Å². The van der Waals surface area contributed by atoms with Gasteiger partial charge in [0, 0.05) is 39.9 Å². The average molecular weight is 388 g/mol. The lowest BCUT2D eigenvalue weighted by Crippen LogP contribution is -2.55. The Kier molecular flexibility index (Phi) is 6.13. The van der Waals surface area contributed by atoms with Gasteiger partial charge in [-0.3, -0.25) is 14.5 Å². The van der Waals surface area contributed by atoms with E-state index in [1.807, 2.05) is 24.2 Å². The maximum absolute atomic E-state index is 13.8. The van der Waals surface area contributed by atoms with Crippen LogP contribution in [0.4, 0.5) is 10.1 Å². The van der Waals surface area contributed by atoms with Gasteiger partial charge in [0.1, 0.15) is 6.54 Å². The predicted octanol–water partition coefficient (Wildman–Crippen LogP) is 1.03. The molecule has 8 nitrogen and oxygen atoms in total. The molecule has 3 rings (SSSR count). The SMILES string of the molecule is CN=C(NCCc1ccc(OC)c(F)c1)N1CCN(c2cnn(C)c2)C(=O)C1. The van der Waals surface area contributed by atoms with E-state index in [4.69, 9.17) is 4.74 Å². The molecule has 0 unspecified atom stereocenters. The third kappa shape index (κ3) is 4.41. The highest BCUT2D eigenvalue weighted by Gasteiger charge is 2.27. The van der Waals surface area contributed by atoms with Crippen LogP contribution < -0.4 is 15.0 Å².